The van der Waals surface area contributed by atoms with Crippen molar-refractivity contribution in [3.63, 3.8) is 0 Å². The van der Waals surface area contributed by atoms with Crippen LogP contribution in [0.25, 0.3) is 0 Å². The summed E-state index contributed by atoms with van der Waals surface area (Å²) in [7, 11) is 4.12. The van der Waals surface area contributed by atoms with E-state index < -0.39 is 0 Å². The monoisotopic (exact) mass is 240 g/mol. The second-order valence-corrected chi connectivity index (χ2v) is 5.86. The molecule has 2 rings (SSSR count). The van der Waals surface area contributed by atoms with Gasteiger partial charge in [0.05, 0.1) is 6.10 Å². The molecule has 0 aromatic rings. The summed E-state index contributed by atoms with van der Waals surface area (Å²) in [5, 5.41) is 0. The molecule has 100 valence electrons. The summed E-state index contributed by atoms with van der Waals surface area (Å²) >= 11 is 0. The van der Waals surface area contributed by atoms with Gasteiger partial charge in [-0.1, -0.05) is 12.8 Å². The Hall–Kier alpha value is -0.120. The van der Waals surface area contributed by atoms with Gasteiger partial charge in [-0.25, -0.2) is 0 Å². The zero-order chi connectivity index (χ0) is 12.3. The van der Waals surface area contributed by atoms with E-state index in [1.54, 1.807) is 0 Å². The van der Waals surface area contributed by atoms with E-state index in [0.717, 1.165) is 0 Å². The molecule has 0 radical (unpaired) electrons. The molecule has 4 unspecified atom stereocenters. The first-order valence-electron chi connectivity index (χ1n) is 7.22. The van der Waals surface area contributed by atoms with Crippen LogP contribution in [0.5, 0.6) is 0 Å². The van der Waals surface area contributed by atoms with Gasteiger partial charge in [0.2, 0.25) is 0 Å². The third kappa shape index (κ3) is 3.21. The third-order valence-electron chi connectivity index (χ3n) is 4.81. The Morgan fingerprint density at radius 3 is 2.53 bits per heavy atom. The summed E-state index contributed by atoms with van der Waals surface area (Å²) in [5.41, 5.74) is 6.28. The molecule has 0 aromatic heterocycles. The normalized spacial score (nSPS) is 39.5. The van der Waals surface area contributed by atoms with Crippen molar-refractivity contribution in [3.8, 4) is 0 Å². The summed E-state index contributed by atoms with van der Waals surface area (Å²) in [6.07, 6.45) is 10.7. The van der Waals surface area contributed by atoms with Crippen LogP contribution < -0.4 is 5.73 Å². The molecule has 2 saturated carbocycles. The minimum atomic E-state index is 0.386. The van der Waals surface area contributed by atoms with Crippen molar-refractivity contribution in [3.05, 3.63) is 0 Å². The first-order valence-corrected chi connectivity index (χ1v) is 7.22. The lowest BCUT2D eigenvalue weighted by Gasteiger charge is -2.43. The SMILES string of the molecule is COC1CCCC(N(C)C2CCCCC2N)C1. The van der Waals surface area contributed by atoms with Gasteiger partial charge < -0.3 is 10.5 Å². The average Bonchev–Trinajstić information content (AvgIpc) is 2.38. The van der Waals surface area contributed by atoms with E-state index in [-0.39, 0.29) is 0 Å². The van der Waals surface area contributed by atoms with Crippen LogP contribution in [0.2, 0.25) is 0 Å². The van der Waals surface area contributed by atoms with E-state index in [1.807, 2.05) is 7.11 Å². The Morgan fingerprint density at radius 1 is 1.06 bits per heavy atom. The molecule has 0 heterocycles. The average molecular weight is 240 g/mol. The smallest absolute Gasteiger partial charge is 0.0586 e. The summed E-state index contributed by atoms with van der Waals surface area (Å²) in [6, 6.07) is 1.67. The molecule has 2 N–H and O–H groups in total. The van der Waals surface area contributed by atoms with Gasteiger partial charge in [0, 0.05) is 25.2 Å². The molecule has 0 bridgehead atoms. The first kappa shape index (κ1) is 13.3. The van der Waals surface area contributed by atoms with Gasteiger partial charge >= 0.3 is 0 Å². The highest BCUT2D eigenvalue weighted by Gasteiger charge is 2.32. The fraction of sp³-hybridized carbons (Fsp3) is 1.00. The highest BCUT2D eigenvalue weighted by atomic mass is 16.5. The topological polar surface area (TPSA) is 38.5 Å². The number of hydrogen-bond acceptors (Lipinski definition) is 3. The molecule has 0 aromatic carbocycles. The second-order valence-electron chi connectivity index (χ2n) is 5.86. The maximum Gasteiger partial charge on any atom is 0.0586 e. The zero-order valence-electron chi connectivity index (χ0n) is 11.4. The molecular weight excluding hydrogens is 212 g/mol. The summed E-state index contributed by atoms with van der Waals surface area (Å²) in [6.45, 7) is 0. The van der Waals surface area contributed by atoms with Gasteiger partial charge in [-0.05, 0) is 45.6 Å². The highest BCUT2D eigenvalue weighted by molar-refractivity contribution is 4.89. The fourth-order valence-electron chi connectivity index (χ4n) is 3.62. The van der Waals surface area contributed by atoms with Gasteiger partial charge in [0.15, 0.2) is 0 Å². The summed E-state index contributed by atoms with van der Waals surface area (Å²) in [5.74, 6) is 0. The van der Waals surface area contributed by atoms with E-state index in [4.69, 9.17) is 10.5 Å². The lowest BCUT2D eigenvalue weighted by Crippen LogP contribution is -2.53. The van der Waals surface area contributed by atoms with Crippen LogP contribution in [0.3, 0.4) is 0 Å². The Labute approximate surface area is 106 Å². The van der Waals surface area contributed by atoms with Crippen molar-refractivity contribution in [2.75, 3.05) is 14.2 Å². The minimum absolute atomic E-state index is 0.386. The number of nitrogens with two attached hydrogens (primary N) is 1. The molecule has 0 aliphatic heterocycles. The Morgan fingerprint density at radius 2 is 1.82 bits per heavy atom. The predicted molar refractivity (Wildman–Crippen MR) is 71.0 cm³/mol. The molecule has 0 amide bonds. The van der Waals surface area contributed by atoms with Crippen molar-refractivity contribution in [2.24, 2.45) is 5.73 Å². The Balaban J connectivity index is 1.91. The van der Waals surface area contributed by atoms with E-state index >= 15 is 0 Å². The molecule has 2 aliphatic rings. The lowest BCUT2D eigenvalue weighted by atomic mass is 9.86. The largest absolute Gasteiger partial charge is 0.381 e. The third-order valence-corrected chi connectivity index (χ3v) is 4.81. The maximum absolute atomic E-state index is 6.28. The van der Waals surface area contributed by atoms with Crippen LogP contribution in [-0.2, 0) is 4.74 Å². The van der Waals surface area contributed by atoms with Gasteiger partial charge in [0.1, 0.15) is 0 Å². The van der Waals surface area contributed by atoms with Crippen LogP contribution in [0.15, 0.2) is 0 Å². The quantitative estimate of drug-likeness (QED) is 0.821. The molecule has 2 fully saturated rings. The number of methoxy groups -OCH3 is 1. The van der Waals surface area contributed by atoms with Gasteiger partial charge in [-0.15, -0.1) is 0 Å². The van der Waals surface area contributed by atoms with E-state index in [2.05, 4.69) is 11.9 Å². The summed E-state index contributed by atoms with van der Waals surface area (Å²) < 4.78 is 5.53. The molecule has 0 saturated heterocycles. The van der Waals surface area contributed by atoms with E-state index in [1.165, 1.54) is 51.4 Å². The van der Waals surface area contributed by atoms with Crippen molar-refractivity contribution in [1.82, 2.24) is 4.90 Å². The molecule has 3 heteroatoms. The standard InChI is InChI=1S/C14H28N2O/c1-16(14-9-4-3-8-13(14)15)11-6-5-7-12(10-11)17-2/h11-14H,3-10,15H2,1-2H3. The zero-order valence-corrected chi connectivity index (χ0v) is 11.4. The van der Waals surface area contributed by atoms with Crippen LogP contribution in [-0.4, -0.2) is 43.3 Å². The Bertz CT molecular complexity index is 234. The van der Waals surface area contributed by atoms with Crippen molar-refractivity contribution in [2.45, 2.75) is 75.6 Å². The highest BCUT2D eigenvalue weighted by Crippen LogP contribution is 2.29. The van der Waals surface area contributed by atoms with Crippen LogP contribution >= 0.6 is 0 Å². The molecule has 0 spiro atoms. The second kappa shape index (κ2) is 6.17. The predicted octanol–water partition coefficient (Wildman–Crippen LogP) is 2.15. The number of ether oxygens (including phenoxy) is 1. The molecule has 2 aliphatic carbocycles. The first-order chi connectivity index (χ1) is 8.22. The van der Waals surface area contributed by atoms with Crippen LogP contribution in [0.4, 0.5) is 0 Å². The van der Waals surface area contributed by atoms with Gasteiger partial charge in [0.25, 0.3) is 0 Å². The molecule has 3 nitrogen and oxygen atoms in total. The molecule has 17 heavy (non-hydrogen) atoms. The number of hydrogen-bond donors (Lipinski definition) is 1. The van der Waals surface area contributed by atoms with Crippen molar-refractivity contribution < 1.29 is 4.74 Å². The lowest BCUT2D eigenvalue weighted by molar-refractivity contribution is 0.0151. The summed E-state index contributed by atoms with van der Waals surface area (Å²) in [4.78, 5) is 2.56. The maximum atomic E-state index is 6.28. The van der Waals surface area contributed by atoms with Crippen molar-refractivity contribution >= 4 is 0 Å². The molecular formula is C14H28N2O. The van der Waals surface area contributed by atoms with Gasteiger partial charge in [-0.3, -0.25) is 4.90 Å². The van der Waals surface area contributed by atoms with Crippen LogP contribution in [0, 0.1) is 0 Å². The van der Waals surface area contributed by atoms with Gasteiger partial charge in [-0.2, -0.15) is 0 Å². The number of rotatable bonds is 3. The number of likely N-dealkylation sites (N-methyl/N-ethyl adjacent to an activating group) is 1. The Kier molecular flexibility index (Phi) is 4.83. The number of nitrogens with zero attached hydrogens (tertiary/aromatic N) is 1. The fourth-order valence-corrected chi connectivity index (χ4v) is 3.62. The molecule has 4 atom stereocenters. The van der Waals surface area contributed by atoms with E-state index in [9.17, 15) is 0 Å². The van der Waals surface area contributed by atoms with E-state index in [0.29, 0.717) is 24.2 Å². The van der Waals surface area contributed by atoms with Crippen LogP contribution in [0.1, 0.15) is 51.4 Å². The minimum Gasteiger partial charge on any atom is -0.381 e. The van der Waals surface area contributed by atoms with Crippen molar-refractivity contribution in [1.29, 1.82) is 0 Å².